The van der Waals surface area contributed by atoms with Gasteiger partial charge in [-0.3, -0.25) is 0 Å². The third-order valence-electron chi connectivity index (χ3n) is 3.45. The van der Waals surface area contributed by atoms with Crippen molar-refractivity contribution in [1.82, 2.24) is 9.55 Å². The Morgan fingerprint density at radius 3 is 2.71 bits per heavy atom. The number of para-hydroxylation sites is 1. The van der Waals surface area contributed by atoms with E-state index in [2.05, 4.69) is 4.98 Å². The number of fused-ring (bicyclic) bond motifs is 1. The van der Waals surface area contributed by atoms with Gasteiger partial charge in [-0.25, -0.2) is 9.37 Å². The molecule has 1 aromatic heterocycles. The van der Waals surface area contributed by atoms with E-state index in [1.807, 2.05) is 28.8 Å². The van der Waals surface area contributed by atoms with Gasteiger partial charge >= 0.3 is 0 Å². The van der Waals surface area contributed by atoms with Gasteiger partial charge in [-0.15, -0.1) is 11.6 Å². The van der Waals surface area contributed by atoms with E-state index in [4.69, 9.17) is 16.3 Å². The first kappa shape index (κ1) is 13.9. The molecule has 0 spiro atoms. The fraction of sp³-hybridized carbons (Fsp3) is 0.188. The van der Waals surface area contributed by atoms with Crippen LogP contribution in [-0.4, -0.2) is 16.7 Å². The molecule has 0 saturated heterocycles. The van der Waals surface area contributed by atoms with Crippen LogP contribution in [0.15, 0.2) is 42.5 Å². The number of ether oxygens (including phenoxy) is 1. The highest BCUT2D eigenvalue weighted by atomic mass is 35.5. The van der Waals surface area contributed by atoms with Gasteiger partial charge in [0.15, 0.2) is 0 Å². The summed E-state index contributed by atoms with van der Waals surface area (Å²) in [6, 6.07) is 12.4. The molecule has 0 radical (unpaired) electrons. The molecular formula is C16H14ClFN2O. The molecule has 3 rings (SSSR count). The van der Waals surface area contributed by atoms with Crippen LogP contribution in [0.5, 0.6) is 5.75 Å². The summed E-state index contributed by atoms with van der Waals surface area (Å²) in [7, 11) is 1.60. The van der Waals surface area contributed by atoms with Gasteiger partial charge < -0.3 is 9.30 Å². The minimum atomic E-state index is -0.234. The molecule has 5 heteroatoms. The maximum Gasteiger partial charge on any atom is 0.146 e. The average molecular weight is 305 g/mol. The van der Waals surface area contributed by atoms with E-state index in [1.165, 1.54) is 6.07 Å². The molecule has 0 amide bonds. The lowest BCUT2D eigenvalue weighted by molar-refractivity contribution is 0.419. The summed E-state index contributed by atoms with van der Waals surface area (Å²) in [5.74, 6) is 1.40. The standard InChI is InChI=1S/C16H14ClFN2O/c1-21-14-8-4-7-13-16(14)19-15(9-17)20(13)10-11-5-2-3-6-12(11)18/h2-8H,9-10H2,1H3. The number of hydrogen-bond donors (Lipinski definition) is 0. The molecule has 0 bridgehead atoms. The monoisotopic (exact) mass is 304 g/mol. The smallest absolute Gasteiger partial charge is 0.146 e. The summed E-state index contributed by atoms with van der Waals surface area (Å²) in [5.41, 5.74) is 2.23. The Hall–Kier alpha value is -2.07. The van der Waals surface area contributed by atoms with Crippen LogP contribution in [-0.2, 0) is 12.4 Å². The molecule has 0 atom stereocenters. The summed E-state index contributed by atoms with van der Waals surface area (Å²) >= 11 is 5.99. The summed E-state index contributed by atoms with van der Waals surface area (Å²) in [6.45, 7) is 0.387. The Kier molecular flexibility index (Phi) is 3.80. The zero-order chi connectivity index (χ0) is 14.8. The lowest BCUT2D eigenvalue weighted by Crippen LogP contribution is -2.05. The Bertz CT molecular complexity index is 785. The van der Waals surface area contributed by atoms with Crippen molar-refractivity contribution in [3.05, 3.63) is 59.7 Å². The number of benzene rings is 2. The van der Waals surface area contributed by atoms with Crippen molar-refractivity contribution < 1.29 is 9.13 Å². The highest BCUT2D eigenvalue weighted by Gasteiger charge is 2.14. The second kappa shape index (κ2) is 5.74. The van der Waals surface area contributed by atoms with Gasteiger partial charge in [0, 0.05) is 5.56 Å². The molecule has 108 valence electrons. The van der Waals surface area contributed by atoms with Crippen molar-refractivity contribution in [2.75, 3.05) is 7.11 Å². The number of imidazole rings is 1. The van der Waals surface area contributed by atoms with Crippen LogP contribution in [0.1, 0.15) is 11.4 Å². The summed E-state index contributed by atoms with van der Waals surface area (Å²) in [4.78, 5) is 4.51. The lowest BCUT2D eigenvalue weighted by atomic mass is 10.2. The molecular weight excluding hydrogens is 291 g/mol. The summed E-state index contributed by atoms with van der Waals surface area (Å²) < 4.78 is 21.1. The van der Waals surface area contributed by atoms with Gasteiger partial charge in [-0.05, 0) is 18.2 Å². The van der Waals surface area contributed by atoms with Crippen LogP contribution >= 0.6 is 11.6 Å². The van der Waals surface area contributed by atoms with Crippen LogP contribution in [0.25, 0.3) is 11.0 Å². The largest absolute Gasteiger partial charge is 0.494 e. The maximum atomic E-state index is 13.9. The minimum Gasteiger partial charge on any atom is -0.494 e. The van der Waals surface area contributed by atoms with E-state index in [1.54, 1.807) is 19.2 Å². The third-order valence-corrected chi connectivity index (χ3v) is 3.69. The van der Waals surface area contributed by atoms with Gasteiger partial charge in [0.2, 0.25) is 0 Å². The quantitative estimate of drug-likeness (QED) is 0.682. The second-order valence-corrected chi connectivity index (χ2v) is 4.93. The second-order valence-electron chi connectivity index (χ2n) is 4.67. The minimum absolute atomic E-state index is 0.234. The number of alkyl halides is 1. The fourth-order valence-electron chi connectivity index (χ4n) is 2.41. The molecule has 1 heterocycles. The SMILES string of the molecule is COc1cccc2c1nc(CCl)n2Cc1ccccc1F. The fourth-order valence-corrected chi connectivity index (χ4v) is 2.61. The van der Waals surface area contributed by atoms with Crippen molar-refractivity contribution >= 4 is 22.6 Å². The molecule has 3 aromatic rings. The Morgan fingerprint density at radius 2 is 2.00 bits per heavy atom. The number of halogens is 2. The van der Waals surface area contributed by atoms with Crippen molar-refractivity contribution in [3.8, 4) is 5.75 Å². The topological polar surface area (TPSA) is 27.1 Å². The van der Waals surface area contributed by atoms with Crippen LogP contribution in [0.2, 0.25) is 0 Å². The first-order valence-electron chi connectivity index (χ1n) is 6.56. The maximum absolute atomic E-state index is 13.9. The first-order chi connectivity index (χ1) is 10.2. The molecule has 0 N–H and O–H groups in total. The normalized spacial score (nSPS) is 11.0. The molecule has 0 aliphatic rings. The van der Waals surface area contributed by atoms with Crippen LogP contribution in [0.4, 0.5) is 4.39 Å². The number of rotatable bonds is 4. The molecule has 3 nitrogen and oxygen atoms in total. The molecule has 0 unspecified atom stereocenters. The Morgan fingerprint density at radius 1 is 1.19 bits per heavy atom. The van der Waals surface area contributed by atoms with E-state index in [-0.39, 0.29) is 11.7 Å². The molecule has 2 aromatic carbocycles. The van der Waals surface area contributed by atoms with E-state index >= 15 is 0 Å². The number of methoxy groups -OCH3 is 1. The predicted molar refractivity (Wildman–Crippen MR) is 81.3 cm³/mol. The van der Waals surface area contributed by atoms with Crippen molar-refractivity contribution in [2.24, 2.45) is 0 Å². The van der Waals surface area contributed by atoms with E-state index in [9.17, 15) is 4.39 Å². The van der Waals surface area contributed by atoms with Gasteiger partial charge in [0.25, 0.3) is 0 Å². The molecule has 0 aliphatic carbocycles. The lowest BCUT2D eigenvalue weighted by Gasteiger charge is -2.09. The van der Waals surface area contributed by atoms with Crippen LogP contribution in [0.3, 0.4) is 0 Å². The van der Waals surface area contributed by atoms with Crippen molar-refractivity contribution in [1.29, 1.82) is 0 Å². The van der Waals surface area contributed by atoms with E-state index in [0.29, 0.717) is 23.7 Å². The van der Waals surface area contributed by atoms with Gasteiger partial charge in [0.1, 0.15) is 22.9 Å². The zero-order valence-corrected chi connectivity index (χ0v) is 12.3. The van der Waals surface area contributed by atoms with Gasteiger partial charge in [-0.1, -0.05) is 24.3 Å². The number of hydrogen-bond acceptors (Lipinski definition) is 2. The van der Waals surface area contributed by atoms with Crippen LogP contribution < -0.4 is 4.74 Å². The van der Waals surface area contributed by atoms with Crippen molar-refractivity contribution in [3.63, 3.8) is 0 Å². The summed E-state index contributed by atoms with van der Waals surface area (Å²) in [5, 5.41) is 0. The van der Waals surface area contributed by atoms with Gasteiger partial charge in [0.05, 0.1) is 25.1 Å². The van der Waals surface area contributed by atoms with Crippen molar-refractivity contribution in [2.45, 2.75) is 12.4 Å². The number of aromatic nitrogens is 2. The Labute approximate surface area is 126 Å². The molecule has 0 fully saturated rings. The average Bonchev–Trinajstić information content (AvgIpc) is 2.87. The molecule has 21 heavy (non-hydrogen) atoms. The number of nitrogens with zero attached hydrogens (tertiary/aromatic N) is 2. The first-order valence-corrected chi connectivity index (χ1v) is 7.09. The summed E-state index contributed by atoms with van der Waals surface area (Å²) in [6.07, 6.45) is 0. The highest BCUT2D eigenvalue weighted by Crippen LogP contribution is 2.27. The zero-order valence-electron chi connectivity index (χ0n) is 11.5. The highest BCUT2D eigenvalue weighted by molar-refractivity contribution is 6.16. The molecule has 0 saturated carbocycles. The Balaban J connectivity index is 2.15. The molecule has 0 aliphatic heterocycles. The van der Waals surface area contributed by atoms with Gasteiger partial charge in [-0.2, -0.15) is 0 Å². The van der Waals surface area contributed by atoms with Crippen LogP contribution in [0, 0.1) is 5.82 Å². The van der Waals surface area contributed by atoms with E-state index < -0.39 is 0 Å². The van der Waals surface area contributed by atoms with E-state index in [0.717, 1.165) is 11.0 Å². The third kappa shape index (κ3) is 2.47. The predicted octanol–water partition coefficient (Wildman–Crippen LogP) is 3.97.